The Morgan fingerprint density at radius 2 is 1.55 bits per heavy atom. The van der Waals surface area contributed by atoms with Crippen LogP contribution in [0.3, 0.4) is 0 Å². The Labute approximate surface area is 173 Å². The molecule has 0 radical (unpaired) electrons. The molecule has 0 heterocycles. The Morgan fingerprint density at radius 3 is 2.14 bits per heavy atom. The van der Waals surface area contributed by atoms with E-state index in [1.54, 1.807) is 11.8 Å². The molecule has 5 nitrogen and oxygen atoms in total. The smallest absolute Gasteiger partial charge is 0.261 e. The molecule has 0 saturated heterocycles. The van der Waals surface area contributed by atoms with Crippen molar-refractivity contribution in [1.29, 1.82) is 0 Å². The summed E-state index contributed by atoms with van der Waals surface area (Å²) >= 11 is 1.65. The standard InChI is InChI=1S/C21H19FN2O3S2/c1-28-19-10-2-15(3-11-19)14-23-21(25)16-4-8-18(9-5-16)24-29(26,27)20-12-6-17(22)7-13-20/h2-13,24H,14H2,1H3,(H,23,25). The lowest BCUT2D eigenvalue weighted by molar-refractivity contribution is 0.0951. The van der Waals surface area contributed by atoms with Crippen LogP contribution in [0.2, 0.25) is 0 Å². The molecule has 0 aliphatic rings. The van der Waals surface area contributed by atoms with Crippen molar-refractivity contribution in [3.05, 3.63) is 89.7 Å². The summed E-state index contributed by atoms with van der Waals surface area (Å²) in [5, 5.41) is 2.83. The van der Waals surface area contributed by atoms with Crippen molar-refractivity contribution in [3.63, 3.8) is 0 Å². The highest BCUT2D eigenvalue weighted by molar-refractivity contribution is 7.98. The number of halogens is 1. The first-order valence-corrected chi connectivity index (χ1v) is 11.4. The number of thioether (sulfide) groups is 1. The van der Waals surface area contributed by atoms with Gasteiger partial charge in [-0.15, -0.1) is 11.8 Å². The normalized spacial score (nSPS) is 11.1. The molecule has 0 atom stereocenters. The topological polar surface area (TPSA) is 75.3 Å². The zero-order valence-corrected chi connectivity index (χ0v) is 17.2. The molecule has 3 aromatic carbocycles. The van der Waals surface area contributed by atoms with E-state index in [0.29, 0.717) is 17.8 Å². The maximum Gasteiger partial charge on any atom is 0.261 e. The summed E-state index contributed by atoms with van der Waals surface area (Å²) < 4.78 is 40.0. The van der Waals surface area contributed by atoms with Gasteiger partial charge >= 0.3 is 0 Å². The van der Waals surface area contributed by atoms with Crippen molar-refractivity contribution in [2.24, 2.45) is 0 Å². The molecule has 0 aliphatic heterocycles. The van der Waals surface area contributed by atoms with Crippen LogP contribution >= 0.6 is 11.8 Å². The average molecular weight is 431 g/mol. The van der Waals surface area contributed by atoms with Crippen LogP contribution in [0, 0.1) is 5.82 Å². The summed E-state index contributed by atoms with van der Waals surface area (Å²) in [5.74, 6) is -0.772. The highest BCUT2D eigenvalue weighted by Crippen LogP contribution is 2.18. The van der Waals surface area contributed by atoms with E-state index in [-0.39, 0.29) is 10.8 Å². The minimum absolute atomic E-state index is 0.0480. The predicted molar refractivity (Wildman–Crippen MR) is 113 cm³/mol. The minimum atomic E-state index is -3.83. The zero-order chi connectivity index (χ0) is 20.9. The van der Waals surface area contributed by atoms with E-state index in [1.807, 2.05) is 30.5 Å². The number of hydrogen-bond donors (Lipinski definition) is 2. The lowest BCUT2D eigenvalue weighted by atomic mass is 10.2. The molecule has 0 saturated carbocycles. The van der Waals surface area contributed by atoms with Crippen LogP contribution in [0.25, 0.3) is 0 Å². The van der Waals surface area contributed by atoms with Crippen LogP contribution in [0.1, 0.15) is 15.9 Å². The van der Waals surface area contributed by atoms with Gasteiger partial charge in [0, 0.05) is 22.7 Å². The molecule has 3 aromatic rings. The largest absolute Gasteiger partial charge is 0.348 e. The molecule has 8 heteroatoms. The summed E-state index contributed by atoms with van der Waals surface area (Å²) in [6.07, 6.45) is 2.00. The van der Waals surface area contributed by atoms with Gasteiger partial charge in [-0.25, -0.2) is 12.8 Å². The molecule has 0 fully saturated rings. The van der Waals surface area contributed by atoms with E-state index in [9.17, 15) is 17.6 Å². The number of carbonyl (C=O) groups excluding carboxylic acids is 1. The average Bonchev–Trinajstić information content (AvgIpc) is 2.73. The summed E-state index contributed by atoms with van der Waals surface area (Å²) in [7, 11) is -3.83. The van der Waals surface area contributed by atoms with Crippen LogP contribution in [-0.4, -0.2) is 20.6 Å². The van der Waals surface area contributed by atoms with Crippen LogP contribution < -0.4 is 10.0 Å². The quantitative estimate of drug-likeness (QED) is 0.549. The molecule has 0 unspecified atom stereocenters. The van der Waals surface area contributed by atoms with Crippen molar-refractivity contribution in [2.75, 3.05) is 11.0 Å². The molecule has 0 spiro atoms. The van der Waals surface area contributed by atoms with Crippen molar-refractivity contribution >= 4 is 33.4 Å². The lowest BCUT2D eigenvalue weighted by Gasteiger charge is -2.09. The third-order valence-electron chi connectivity index (χ3n) is 4.14. The Morgan fingerprint density at radius 1 is 0.931 bits per heavy atom. The maximum atomic E-state index is 13.0. The number of benzene rings is 3. The zero-order valence-electron chi connectivity index (χ0n) is 15.6. The molecule has 1 amide bonds. The molecule has 150 valence electrons. The highest BCUT2D eigenvalue weighted by Gasteiger charge is 2.14. The number of anilines is 1. The molecule has 0 bridgehead atoms. The maximum absolute atomic E-state index is 13.0. The number of sulfonamides is 1. The SMILES string of the molecule is CSc1ccc(CNC(=O)c2ccc(NS(=O)(=O)c3ccc(F)cc3)cc2)cc1. The van der Waals surface area contributed by atoms with E-state index in [1.165, 1.54) is 36.4 Å². The number of hydrogen-bond acceptors (Lipinski definition) is 4. The van der Waals surface area contributed by atoms with Gasteiger partial charge in [-0.05, 0) is 72.5 Å². The number of nitrogens with one attached hydrogen (secondary N) is 2. The second kappa shape index (κ2) is 9.11. The summed E-state index contributed by atoms with van der Waals surface area (Å²) in [6, 6.07) is 18.5. The van der Waals surface area contributed by atoms with E-state index >= 15 is 0 Å². The Hall–Kier alpha value is -2.84. The Bertz CT molecular complexity index is 1080. The summed E-state index contributed by atoms with van der Waals surface area (Å²) in [5.41, 5.74) is 1.70. The Kier molecular flexibility index (Phi) is 6.56. The Balaban J connectivity index is 1.61. The third-order valence-corrected chi connectivity index (χ3v) is 6.28. The van der Waals surface area contributed by atoms with Crippen LogP contribution in [-0.2, 0) is 16.6 Å². The van der Waals surface area contributed by atoms with Gasteiger partial charge in [0.05, 0.1) is 4.90 Å². The lowest BCUT2D eigenvalue weighted by Crippen LogP contribution is -2.22. The van der Waals surface area contributed by atoms with E-state index in [2.05, 4.69) is 10.0 Å². The van der Waals surface area contributed by atoms with E-state index in [0.717, 1.165) is 22.6 Å². The predicted octanol–water partition coefficient (Wildman–Crippen LogP) is 4.28. The summed E-state index contributed by atoms with van der Waals surface area (Å²) in [4.78, 5) is 13.4. The van der Waals surface area contributed by atoms with Gasteiger partial charge in [0.1, 0.15) is 5.82 Å². The summed E-state index contributed by atoms with van der Waals surface area (Å²) in [6.45, 7) is 0.395. The van der Waals surface area contributed by atoms with Gasteiger partial charge < -0.3 is 5.32 Å². The number of rotatable bonds is 7. The molecular formula is C21H19FN2O3S2. The fourth-order valence-electron chi connectivity index (χ4n) is 2.55. The molecule has 3 rings (SSSR count). The highest BCUT2D eigenvalue weighted by atomic mass is 32.2. The van der Waals surface area contributed by atoms with Gasteiger partial charge in [-0.1, -0.05) is 12.1 Å². The number of amides is 1. The van der Waals surface area contributed by atoms with Crippen LogP contribution in [0.4, 0.5) is 10.1 Å². The first-order chi connectivity index (χ1) is 13.9. The second-order valence-corrected chi connectivity index (χ2v) is 8.73. The van der Waals surface area contributed by atoms with E-state index < -0.39 is 15.8 Å². The molecule has 0 aromatic heterocycles. The first kappa shape index (κ1) is 20.9. The minimum Gasteiger partial charge on any atom is -0.348 e. The molecule has 0 aliphatic carbocycles. The van der Waals surface area contributed by atoms with Crippen LogP contribution in [0.5, 0.6) is 0 Å². The van der Waals surface area contributed by atoms with Crippen molar-refractivity contribution in [1.82, 2.24) is 5.32 Å². The van der Waals surface area contributed by atoms with Gasteiger partial charge in [0.25, 0.3) is 15.9 Å². The van der Waals surface area contributed by atoms with Crippen LogP contribution in [0.15, 0.2) is 82.6 Å². The first-order valence-electron chi connectivity index (χ1n) is 8.67. The van der Waals surface area contributed by atoms with Crippen molar-refractivity contribution < 1.29 is 17.6 Å². The fraction of sp³-hybridized carbons (Fsp3) is 0.0952. The second-order valence-electron chi connectivity index (χ2n) is 6.17. The molecular weight excluding hydrogens is 411 g/mol. The molecule has 2 N–H and O–H groups in total. The van der Waals surface area contributed by atoms with Gasteiger partial charge in [0.15, 0.2) is 0 Å². The molecule has 29 heavy (non-hydrogen) atoms. The van der Waals surface area contributed by atoms with Crippen molar-refractivity contribution in [2.45, 2.75) is 16.3 Å². The monoisotopic (exact) mass is 430 g/mol. The van der Waals surface area contributed by atoms with Gasteiger partial charge in [-0.2, -0.15) is 0 Å². The third kappa shape index (κ3) is 5.58. The van der Waals surface area contributed by atoms with Gasteiger partial charge in [-0.3, -0.25) is 9.52 Å². The fourth-order valence-corrected chi connectivity index (χ4v) is 4.01. The van der Waals surface area contributed by atoms with Crippen molar-refractivity contribution in [3.8, 4) is 0 Å². The number of carbonyl (C=O) groups is 1. The van der Waals surface area contributed by atoms with Gasteiger partial charge in [0.2, 0.25) is 0 Å². The van der Waals surface area contributed by atoms with E-state index in [4.69, 9.17) is 0 Å².